The van der Waals surface area contributed by atoms with Crippen LogP contribution in [0.25, 0.3) is 0 Å². The van der Waals surface area contributed by atoms with Crippen molar-refractivity contribution >= 4 is 11.8 Å². The lowest BCUT2D eigenvalue weighted by Gasteiger charge is -2.16. The summed E-state index contributed by atoms with van der Waals surface area (Å²) < 4.78 is 0. The first-order valence-corrected chi connectivity index (χ1v) is 9.47. The van der Waals surface area contributed by atoms with E-state index in [9.17, 15) is 9.59 Å². The average molecular weight is 362 g/mol. The Morgan fingerprint density at radius 3 is 1.56 bits per heavy atom. The topological polar surface area (TPSA) is 76.7 Å². The zero-order valence-electron chi connectivity index (χ0n) is 17.9. The summed E-state index contributed by atoms with van der Waals surface area (Å²) in [7, 11) is 7.72. The maximum absolute atomic E-state index is 11.6. The number of hydrogen-bond acceptors (Lipinski definition) is 5. The van der Waals surface area contributed by atoms with Crippen molar-refractivity contribution in [3.8, 4) is 0 Å². The van der Waals surface area contributed by atoms with Crippen molar-refractivity contribution in [1.29, 1.82) is 0 Å². The van der Waals surface area contributed by atoms with Crippen LogP contribution < -0.4 is 16.0 Å². The van der Waals surface area contributed by atoms with Gasteiger partial charge in [-0.1, -0.05) is 27.7 Å². The van der Waals surface area contributed by atoms with E-state index in [0.29, 0.717) is 39.0 Å². The summed E-state index contributed by atoms with van der Waals surface area (Å²) in [6.45, 7) is 12.3. The third kappa shape index (κ3) is 25.2. The number of rotatable bonds is 12. The summed E-state index contributed by atoms with van der Waals surface area (Å²) in [6, 6.07) is 0. The molecular formula is C18H43N5O2. The molecule has 152 valence electrons. The monoisotopic (exact) mass is 361 g/mol. The minimum Gasteiger partial charge on any atom is -0.355 e. The van der Waals surface area contributed by atoms with E-state index in [-0.39, 0.29) is 11.8 Å². The van der Waals surface area contributed by atoms with Gasteiger partial charge in [0.25, 0.3) is 0 Å². The van der Waals surface area contributed by atoms with Crippen LogP contribution in [0.5, 0.6) is 0 Å². The largest absolute Gasteiger partial charge is 0.355 e. The van der Waals surface area contributed by atoms with Crippen LogP contribution in [0.3, 0.4) is 0 Å². The highest BCUT2D eigenvalue weighted by atomic mass is 16.2. The predicted molar refractivity (Wildman–Crippen MR) is 108 cm³/mol. The van der Waals surface area contributed by atoms with E-state index in [1.165, 1.54) is 0 Å². The molecule has 0 aromatic carbocycles. The molecule has 3 N–H and O–H groups in total. The molecule has 7 nitrogen and oxygen atoms in total. The van der Waals surface area contributed by atoms with Crippen LogP contribution in [-0.2, 0) is 9.59 Å². The van der Waals surface area contributed by atoms with Crippen molar-refractivity contribution in [3.63, 3.8) is 0 Å². The van der Waals surface area contributed by atoms with Gasteiger partial charge >= 0.3 is 0 Å². The maximum atomic E-state index is 11.6. The van der Waals surface area contributed by atoms with Crippen molar-refractivity contribution in [1.82, 2.24) is 25.8 Å². The third-order valence-corrected chi connectivity index (χ3v) is 3.02. The molecule has 0 aromatic rings. The molecule has 0 spiro atoms. The van der Waals surface area contributed by atoms with Crippen LogP contribution >= 0.6 is 0 Å². The summed E-state index contributed by atoms with van der Waals surface area (Å²) >= 11 is 0. The van der Waals surface area contributed by atoms with Gasteiger partial charge in [0.15, 0.2) is 0 Å². The van der Waals surface area contributed by atoms with Gasteiger partial charge in [-0.15, -0.1) is 0 Å². The highest BCUT2D eigenvalue weighted by molar-refractivity contribution is 5.76. The molecule has 0 aromatic heterocycles. The molecule has 0 atom stereocenters. The lowest BCUT2D eigenvalue weighted by Crippen LogP contribution is -2.35. The first-order valence-electron chi connectivity index (χ1n) is 9.47. The van der Waals surface area contributed by atoms with Gasteiger partial charge in [0.05, 0.1) is 0 Å². The molecule has 0 saturated carbocycles. The Kier molecular flexibility index (Phi) is 26.1. The van der Waals surface area contributed by atoms with Crippen LogP contribution in [0, 0.1) is 0 Å². The smallest absolute Gasteiger partial charge is 0.221 e. The lowest BCUT2D eigenvalue weighted by molar-refractivity contribution is -0.121. The van der Waals surface area contributed by atoms with Crippen LogP contribution in [0.15, 0.2) is 0 Å². The number of likely N-dealkylation sites (N-methyl/N-ethyl adjacent to an activating group) is 2. The van der Waals surface area contributed by atoms with Crippen molar-refractivity contribution in [2.45, 2.75) is 40.5 Å². The van der Waals surface area contributed by atoms with Crippen molar-refractivity contribution in [3.05, 3.63) is 0 Å². The van der Waals surface area contributed by atoms with E-state index in [1.807, 2.05) is 65.7 Å². The van der Waals surface area contributed by atoms with Crippen LogP contribution in [-0.4, -0.2) is 89.1 Å². The highest BCUT2D eigenvalue weighted by Crippen LogP contribution is 1.91. The molecule has 0 rings (SSSR count). The maximum Gasteiger partial charge on any atom is 0.221 e. The van der Waals surface area contributed by atoms with Gasteiger partial charge in [0.2, 0.25) is 11.8 Å². The highest BCUT2D eigenvalue weighted by Gasteiger charge is 2.06. The Morgan fingerprint density at radius 2 is 1.16 bits per heavy atom. The van der Waals surface area contributed by atoms with E-state index in [2.05, 4.69) is 16.0 Å². The number of carbonyl (C=O) groups is 2. The second kappa shape index (κ2) is 22.8. The normalized spacial score (nSPS) is 9.68. The summed E-state index contributed by atoms with van der Waals surface area (Å²) in [4.78, 5) is 27.1. The zero-order valence-corrected chi connectivity index (χ0v) is 17.9. The Hall–Kier alpha value is -1.18. The molecule has 0 aliphatic carbocycles. The Bertz CT molecular complexity index is 299. The van der Waals surface area contributed by atoms with Gasteiger partial charge in [0.1, 0.15) is 0 Å². The third-order valence-electron chi connectivity index (χ3n) is 3.02. The first kappa shape index (κ1) is 28.6. The molecule has 0 saturated heterocycles. The van der Waals surface area contributed by atoms with E-state index in [1.54, 1.807) is 0 Å². The lowest BCUT2D eigenvalue weighted by atomic mass is 10.3. The van der Waals surface area contributed by atoms with Gasteiger partial charge in [-0.25, -0.2) is 0 Å². The zero-order chi connectivity index (χ0) is 20.1. The minimum absolute atomic E-state index is 0.0486. The van der Waals surface area contributed by atoms with Crippen molar-refractivity contribution < 1.29 is 9.59 Å². The van der Waals surface area contributed by atoms with E-state index < -0.39 is 0 Å². The van der Waals surface area contributed by atoms with E-state index >= 15 is 0 Å². The molecule has 25 heavy (non-hydrogen) atoms. The molecule has 0 unspecified atom stereocenters. The fourth-order valence-electron chi connectivity index (χ4n) is 1.62. The van der Waals surface area contributed by atoms with Gasteiger partial charge in [-0.05, 0) is 28.2 Å². The molecular weight excluding hydrogens is 318 g/mol. The molecule has 0 radical (unpaired) electrons. The quantitative estimate of drug-likeness (QED) is 0.448. The molecule has 0 aliphatic heterocycles. The van der Waals surface area contributed by atoms with E-state index in [0.717, 1.165) is 13.1 Å². The van der Waals surface area contributed by atoms with Gasteiger partial charge in [-0.2, -0.15) is 0 Å². The molecule has 0 fully saturated rings. The fourth-order valence-corrected chi connectivity index (χ4v) is 1.62. The standard InChI is InChI=1S/C14H31N5O2.2C2H6/c1-15-7-8-16-13(20)5-10-19(4)11-6-14(21)17-9-12-18(2)3;2*1-2/h15H,5-12H2,1-4H3,(H,16,20)(H,17,21);2*1-2H3. The van der Waals surface area contributed by atoms with Crippen molar-refractivity contribution in [2.75, 3.05) is 67.5 Å². The van der Waals surface area contributed by atoms with Crippen LogP contribution in [0.1, 0.15) is 40.5 Å². The second-order valence-corrected chi connectivity index (χ2v) is 5.41. The van der Waals surface area contributed by atoms with Gasteiger partial charge in [0, 0.05) is 52.1 Å². The van der Waals surface area contributed by atoms with Crippen molar-refractivity contribution in [2.24, 2.45) is 0 Å². The number of hydrogen-bond donors (Lipinski definition) is 3. The fraction of sp³-hybridized carbons (Fsp3) is 0.889. The summed E-state index contributed by atoms with van der Waals surface area (Å²) in [5.41, 5.74) is 0. The summed E-state index contributed by atoms with van der Waals surface area (Å²) in [5, 5.41) is 8.68. The summed E-state index contributed by atoms with van der Waals surface area (Å²) in [5.74, 6) is 0.106. The molecule has 0 bridgehead atoms. The molecule has 0 aliphatic rings. The Labute approximate surface area is 155 Å². The molecule has 2 amide bonds. The van der Waals surface area contributed by atoms with Gasteiger partial charge < -0.3 is 25.8 Å². The summed E-state index contributed by atoms with van der Waals surface area (Å²) in [6.07, 6.45) is 0.924. The SMILES string of the molecule is CC.CC.CNCCNC(=O)CCN(C)CCC(=O)NCCN(C)C. The average Bonchev–Trinajstić information content (AvgIpc) is 2.61. The number of nitrogens with one attached hydrogen (secondary N) is 3. The second-order valence-electron chi connectivity index (χ2n) is 5.41. The molecule has 0 heterocycles. The predicted octanol–water partition coefficient (Wildman–Crippen LogP) is 0.764. The first-order chi connectivity index (χ1) is 12.0. The number of nitrogens with zero attached hydrogens (tertiary/aromatic N) is 2. The number of carbonyl (C=O) groups excluding carboxylic acids is 2. The van der Waals surface area contributed by atoms with Crippen LogP contribution in [0.2, 0.25) is 0 Å². The molecule has 7 heteroatoms. The Balaban J connectivity index is -0.00000112. The van der Waals surface area contributed by atoms with Crippen LogP contribution in [0.4, 0.5) is 0 Å². The number of amides is 2. The van der Waals surface area contributed by atoms with E-state index in [4.69, 9.17) is 0 Å². The Morgan fingerprint density at radius 1 is 0.720 bits per heavy atom. The minimum atomic E-state index is 0.0486. The van der Waals surface area contributed by atoms with Gasteiger partial charge in [-0.3, -0.25) is 9.59 Å².